The number of rotatable bonds is 3. The lowest BCUT2D eigenvalue weighted by Gasteiger charge is -1.97. The molecule has 1 aromatic heterocycles. The highest BCUT2D eigenvalue weighted by Gasteiger charge is 1.97. The van der Waals surface area contributed by atoms with Gasteiger partial charge in [0, 0.05) is 11.6 Å². The largest absolute Gasteiger partial charge is 0.458 e. The first-order valence-electron chi connectivity index (χ1n) is 3.63. The third-order valence-electron chi connectivity index (χ3n) is 1.26. The summed E-state index contributed by atoms with van der Waals surface area (Å²) in [5.41, 5.74) is 1.04. The zero-order chi connectivity index (χ0) is 8.81. The van der Waals surface area contributed by atoms with Crippen molar-refractivity contribution in [3.05, 3.63) is 34.5 Å². The maximum Gasteiger partial charge on any atom is 0.330 e. The number of carbonyl (C=O) groups is 1. The fourth-order valence-electron chi connectivity index (χ4n) is 0.713. The van der Waals surface area contributed by atoms with Crippen LogP contribution in [0.25, 0.3) is 0 Å². The zero-order valence-electron chi connectivity index (χ0n) is 6.82. The number of carbonyl (C=O) groups excluding carboxylic acids is 1. The lowest BCUT2D eigenvalue weighted by molar-refractivity contribution is -0.139. The Morgan fingerprint density at radius 1 is 1.75 bits per heavy atom. The number of ether oxygens (including phenoxy) is 1. The molecule has 0 N–H and O–H groups in total. The van der Waals surface area contributed by atoms with Crippen LogP contribution in [0.15, 0.2) is 29.0 Å². The van der Waals surface area contributed by atoms with Gasteiger partial charge in [0.15, 0.2) is 0 Å². The van der Waals surface area contributed by atoms with Gasteiger partial charge in [-0.2, -0.15) is 11.3 Å². The Kier molecular flexibility index (Phi) is 3.54. The molecule has 1 rings (SSSR count). The van der Waals surface area contributed by atoms with Crippen LogP contribution in [-0.2, 0) is 16.1 Å². The molecule has 1 heterocycles. The van der Waals surface area contributed by atoms with E-state index >= 15 is 0 Å². The van der Waals surface area contributed by atoms with Crippen LogP contribution in [0.5, 0.6) is 0 Å². The first-order chi connectivity index (χ1) is 5.83. The average molecular weight is 182 g/mol. The predicted octanol–water partition coefficient (Wildman–Crippen LogP) is 2.37. The summed E-state index contributed by atoms with van der Waals surface area (Å²) < 4.78 is 4.91. The van der Waals surface area contributed by atoms with Crippen molar-refractivity contribution in [2.45, 2.75) is 13.5 Å². The Morgan fingerprint density at radius 2 is 2.58 bits per heavy atom. The molecular formula is C9H10O2S. The van der Waals surface area contributed by atoms with Crippen LogP contribution in [0, 0.1) is 0 Å². The van der Waals surface area contributed by atoms with Crippen LogP contribution in [0.1, 0.15) is 12.5 Å². The van der Waals surface area contributed by atoms with E-state index in [9.17, 15) is 4.79 Å². The summed E-state index contributed by atoms with van der Waals surface area (Å²) in [6, 6.07) is 1.94. The number of hydrogen-bond acceptors (Lipinski definition) is 3. The molecule has 3 heteroatoms. The summed E-state index contributed by atoms with van der Waals surface area (Å²) in [6.07, 6.45) is 3.07. The highest BCUT2D eigenvalue weighted by Crippen LogP contribution is 2.06. The molecule has 12 heavy (non-hydrogen) atoms. The molecule has 0 bridgehead atoms. The van der Waals surface area contributed by atoms with Crippen LogP contribution in [-0.4, -0.2) is 5.97 Å². The molecule has 2 nitrogen and oxygen atoms in total. The molecule has 0 atom stereocenters. The molecule has 0 amide bonds. The molecule has 0 spiro atoms. The van der Waals surface area contributed by atoms with Gasteiger partial charge in [-0.3, -0.25) is 0 Å². The highest BCUT2D eigenvalue weighted by molar-refractivity contribution is 7.07. The summed E-state index contributed by atoms with van der Waals surface area (Å²) in [7, 11) is 0. The normalized spacial score (nSPS) is 10.4. The van der Waals surface area contributed by atoms with Gasteiger partial charge in [-0.1, -0.05) is 6.08 Å². The Morgan fingerprint density at radius 3 is 3.17 bits per heavy atom. The van der Waals surface area contributed by atoms with E-state index in [1.165, 1.54) is 6.08 Å². The van der Waals surface area contributed by atoms with Crippen molar-refractivity contribution in [2.24, 2.45) is 0 Å². The molecule has 64 valence electrons. The molecule has 0 radical (unpaired) electrons. The van der Waals surface area contributed by atoms with Gasteiger partial charge in [0.2, 0.25) is 0 Å². The van der Waals surface area contributed by atoms with Gasteiger partial charge < -0.3 is 4.74 Å². The summed E-state index contributed by atoms with van der Waals surface area (Å²) in [5.74, 6) is -0.288. The van der Waals surface area contributed by atoms with E-state index in [-0.39, 0.29) is 5.97 Å². The van der Waals surface area contributed by atoms with E-state index in [1.807, 2.05) is 16.8 Å². The topological polar surface area (TPSA) is 26.3 Å². The van der Waals surface area contributed by atoms with Gasteiger partial charge in [-0.25, -0.2) is 4.79 Å². The highest BCUT2D eigenvalue weighted by atomic mass is 32.1. The number of hydrogen-bond donors (Lipinski definition) is 0. The number of allylic oxidation sites excluding steroid dienone is 1. The lowest BCUT2D eigenvalue weighted by atomic mass is 10.4. The van der Waals surface area contributed by atoms with E-state index in [1.54, 1.807) is 24.3 Å². The fraction of sp³-hybridized carbons (Fsp3) is 0.222. The van der Waals surface area contributed by atoms with Crippen LogP contribution in [0.4, 0.5) is 0 Å². The molecule has 0 aromatic carbocycles. The minimum atomic E-state index is -0.288. The van der Waals surface area contributed by atoms with Crippen molar-refractivity contribution in [2.75, 3.05) is 0 Å². The molecule has 0 aliphatic heterocycles. The van der Waals surface area contributed by atoms with E-state index in [0.29, 0.717) is 6.61 Å². The zero-order valence-corrected chi connectivity index (χ0v) is 7.64. The van der Waals surface area contributed by atoms with Gasteiger partial charge in [-0.05, 0) is 23.8 Å². The van der Waals surface area contributed by atoms with Crippen molar-refractivity contribution in [3.63, 3.8) is 0 Å². The number of thiophene rings is 1. The predicted molar refractivity (Wildman–Crippen MR) is 48.9 cm³/mol. The summed E-state index contributed by atoms with van der Waals surface area (Å²) >= 11 is 1.60. The molecule has 0 unspecified atom stereocenters. The van der Waals surface area contributed by atoms with Crippen molar-refractivity contribution in [3.8, 4) is 0 Å². The van der Waals surface area contributed by atoms with Crippen molar-refractivity contribution in [1.29, 1.82) is 0 Å². The molecule has 0 saturated carbocycles. The van der Waals surface area contributed by atoms with Crippen molar-refractivity contribution < 1.29 is 9.53 Å². The molecule has 0 aliphatic carbocycles. The second kappa shape index (κ2) is 4.72. The minimum absolute atomic E-state index is 0.288. The Bertz CT molecular complexity index is 262. The second-order valence-corrected chi connectivity index (χ2v) is 3.02. The first kappa shape index (κ1) is 9.00. The van der Waals surface area contributed by atoms with E-state index < -0.39 is 0 Å². The Labute approximate surface area is 75.5 Å². The summed E-state index contributed by atoms with van der Waals surface area (Å²) in [5, 5.41) is 3.92. The van der Waals surface area contributed by atoms with Crippen LogP contribution >= 0.6 is 11.3 Å². The summed E-state index contributed by atoms with van der Waals surface area (Å²) in [4.78, 5) is 10.8. The Balaban J connectivity index is 2.31. The average Bonchev–Trinajstić information content (AvgIpc) is 2.53. The lowest BCUT2D eigenvalue weighted by Crippen LogP contribution is -1.99. The van der Waals surface area contributed by atoms with Gasteiger partial charge in [0.1, 0.15) is 6.61 Å². The van der Waals surface area contributed by atoms with E-state index in [4.69, 9.17) is 4.74 Å². The molecule has 1 aromatic rings. The van der Waals surface area contributed by atoms with E-state index in [0.717, 1.165) is 5.56 Å². The maximum atomic E-state index is 10.8. The van der Waals surface area contributed by atoms with Crippen LogP contribution < -0.4 is 0 Å². The van der Waals surface area contributed by atoms with Crippen LogP contribution in [0.2, 0.25) is 0 Å². The summed E-state index contributed by atoms with van der Waals surface area (Å²) in [6.45, 7) is 2.15. The number of esters is 1. The van der Waals surface area contributed by atoms with Gasteiger partial charge in [0.05, 0.1) is 0 Å². The molecule has 0 aliphatic rings. The fourth-order valence-corrected chi connectivity index (χ4v) is 1.37. The third-order valence-corrected chi connectivity index (χ3v) is 2.00. The monoisotopic (exact) mass is 182 g/mol. The molecular weight excluding hydrogens is 172 g/mol. The van der Waals surface area contributed by atoms with Crippen molar-refractivity contribution in [1.82, 2.24) is 0 Å². The first-order valence-corrected chi connectivity index (χ1v) is 4.57. The van der Waals surface area contributed by atoms with Crippen molar-refractivity contribution >= 4 is 17.3 Å². The quantitative estimate of drug-likeness (QED) is 0.530. The maximum absolute atomic E-state index is 10.8. The van der Waals surface area contributed by atoms with Crippen LogP contribution in [0.3, 0.4) is 0 Å². The molecule has 0 fully saturated rings. The van der Waals surface area contributed by atoms with Gasteiger partial charge >= 0.3 is 5.97 Å². The SMILES string of the molecule is CC=CC(=O)OCc1ccsc1. The Hall–Kier alpha value is -1.09. The third kappa shape index (κ3) is 2.88. The molecule has 0 saturated heterocycles. The smallest absolute Gasteiger partial charge is 0.330 e. The minimum Gasteiger partial charge on any atom is -0.458 e. The standard InChI is InChI=1S/C9H10O2S/c1-2-3-9(10)11-6-8-4-5-12-7-8/h2-5,7H,6H2,1H3. The second-order valence-electron chi connectivity index (χ2n) is 2.24. The van der Waals surface area contributed by atoms with Gasteiger partial charge in [0.25, 0.3) is 0 Å². The van der Waals surface area contributed by atoms with E-state index in [2.05, 4.69) is 0 Å². The van der Waals surface area contributed by atoms with Gasteiger partial charge in [-0.15, -0.1) is 0 Å².